The number of benzene rings is 1. The standard InChI is InChI=1S/C13H17N3O2S/c1-10-4-3-5-11(8-10)18-13-16-15-12(19-13)9-14-6-7-17-2/h3-5,8,14H,6-7,9H2,1-2H3. The van der Waals surface area contributed by atoms with Crippen LogP contribution < -0.4 is 10.1 Å². The Labute approximate surface area is 116 Å². The zero-order valence-electron chi connectivity index (χ0n) is 11.0. The van der Waals surface area contributed by atoms with Crippen molar-refractivity contribution >= 4 is 11.3 Å². The summed E-state index contributed by atoms with van der Waals surface area (Å²) in [4.78, 5) is 0. The Morgan fingerprint density at radius 2 is 2.21 bits per heavy atom. The third kappa shape index (κ3) is 4.59. The highest BCUT2D eigenvalue weighted by atomic mass is 32.1. The first kappa shape index (κ1) is 13.9. The van der Waals surface area contributed by atoms with Gasteiger partial charge in [-0.25, -0.2) is 0 Å². The van der Waals surface area contributed by atoms with E-state index in [0.29, 0.717) is 18.3 Å². The van der Waals surface area contributed by atoms with E-state index in [1.54, 1.807) is 7.11 Å². The maximum absolute atomic E-state index is 5.66. The molecule has 0 aliphatic heterocycles. The zero-order valence-corrected chi connectivity index (χ0v) is 11.9. The second-order valence-corrected chi connectivity index (χ2v) is 5.07. The minimum Gasteiger partial charge on any atom is -0.430 e. The van der Waals surface area contributed by atoms with Gasteiger partial charge >= 0.3 is 0 Å². The summed E-state index contributed by atoms with van der Waals surface area (Å²) < 4.78 is 10.6. The summed E-state index contributed by atoms with van der Waals surface area (Å²) >= 11 is 1.44. The predicted molar refractivity (Wildman–Crippen MR) is 74.7 cm³/mol. The third-order valence-electron chi connectivity index (χ3n) is 2.40. The molecule has 0 spiro atoms. The van der Waals surface area contributed by atoms with Crippen LogP contribution in [0.2, 0.25) is 0 Å². The van der Waals surface area contributed by atoms with Gasteiger partial charge in [0, 0.05) is 20.2 Å². The topological polar surface area (TPSA) is 56.3 Å². The average molecular weight is 279 g/mol. The molecule has 0 atom stereocenters. The maximum atomic E-state index is 5.66. The molecule has 0 amide bonds. The summed E-state index contributed by atoms with van der Waals surface area (Å²) in [6.45, 7) is 4.19. The second-order valence-electron chi connectivity index (χ2n) is 4.05. The Morgan fingerprint density at radius 1 is 1.32 bits per heavy atom. The van der Waals surface area contributed by atoms with E-state index in [9.17, 15) is 0 Å². The Morgan fingerprint density at radius 3 is 3.00 bits per heavy atom. The highest BCUT2D eigenvalue weighted by Crippen LogP contribution is 2.25. The highest BCUT2D eigenvalue weighted by Gasteiger charge is 2.06. The molecule has 0 radical (unpaired) electrons. The van der Waals surface area contributed by atoms with E-state index in [1.807, 2.05) is 31.2 Å². The molecule has 1 N–H and O–H groups in total. The molecule has 0 bridgehead atoms. The number of ether oxygens (including phenoxy) is 2. The quantitative estimate of drug-likeness (QED) is 0.789. The molecule has 6 heteroatoms. The number of nitrogens with one attached hydrogen (secondary N) is 1. The van der Waals surface area contributed by atoms with Crippen molar-refractivity contribution in [3.63, 3.8) is 0 Å². The van der Waals surface area contributed by atoms with Gasteiger partial charge in [0.2, 0.25) is 0 Å². The smallest absolute Gasteiger partial charge is 0.299 e. The van der Waals surface area contributed by atoms with Crippen LogP contribution in [0.25, 0.3) is 0 Å². The summed E-state index contributed by atoms with van der Waals surface area (Å²) in [7, 11) is 1.68. The molecule has 2 aromatic rings. The van der Waals surface area contributed by atoms with Crippen molar-refractivity contribution in [2.24, 2.45) is 0 Å². The van der Waals surface area contributed by atoms with Crippen molar-refractivity contribution in [2.75, 3.05) is 20.3 Å². The van der Waals surface area contributed by atoms with E-state index >= 15 is 0 Å². The normalized spacial score (nSPS) is 10.6. The predicted octanol–water partition coefficient (Wildman–Crippen LogP) is 2.37. The number of hydrogen-bond acceptors (Lipinski definition) is 6. The first-order valence-electron chi connectivity index (χ1n) is 6.04. The van der Waals surface area contributed by atoms with Gasteiger partial charge in [0.05, 0.1) is 6.61 Å². The lowest BCUT2D eigenvalue weighted by Crippen LogP contribution is -2.18. The summed E-state index contributed by atoms with van der Waals surface area (Å²) in [6, 6.07) is 7.86. The van der Waals surface area contributed by atoms with Gasteiger partial charge in [-0.2, -0.15) is 0 Å². The first-order valence-corrected chi connectivity index (χ1v) is 6.86. The van der Waals surface area contributed by atoms with Crippen molar-refractivity contribution in [1.82, 2.24) is 15.5 Å². The summed E-state index contributed by atoms with van der Waals surface area (Å²) in [5, 5.41) is 12.8. The number of methoxy groups -OCH3 is 1. The summed E-state index contributed by atoms with van der Waals surface area (Å²) in [6.07, 6.45) is 0. The molecule has 1 aromatic carbocycles. The van der Waals surface area contributed by atoms with Crippen LogP contribution in [0.1, 0.15) is 10.6 Å². The molecule has 0 unspecified atom stereocenters. The molecule has 0 saturated heterocycles. The van der Waals surface area contributed by atoms with E-state index in [0.717, 1.165) is 22.9 Å². The maximum Gasteiger partial charge on any atom is 0.299 e. The molecule has 0 saturated carbocycles. The molecular weight excluding hydrogens is 262 g/mol. The Balaban J connectivity index is 1.87. The van der Waals surface area contributed by atoms with Gasteiger partial charge in [0.25, 0.3) is 5.19 Å². The molecule has 19 heavy (non-hydrogen) atoms. The first-order chi connectivity index (χ1) is 9.28. The molecular formula is C13H17N3O2S. The molecule has 5 nitrogen and oxygen atoms in total. The van der Waals surface area contributed by atoms with E-state index < -0.39 is 0 Å². The molecule has 1 heterocycles. The Kier molecular flexibility index (Phi) is 5.26. The van der Waals surface area contributed by atoms with Gasteiger partial charge in [-0.1, -0.05) is 28.6 Å². The minimum absolute atomic E-state index is 0.564. The fraction of sp³-hybridized carbons (Fsp3) is 0.385. The molecule has 102 valence electrons. The number of aryl methyl sites for hydroxylation is 1. The van der Waals surface area contributed by atoms with Gasteiger partial charge < -0.3 is 14.8 Å². The molecule has 1 aromatic heterocycles. The van der Waals surface area contributed by atoms with Crippen LogP contribution in [-0.2, 0) is 11.3 Å². The largest absolute Gasteiger partial charge is 0.430 e. The van der Waals surface area contributed by atoms with Crippen LogP contribution in [0, 0.1) is 6.92 Å². The third-order valence-corrected chi connectivity index (χ3v) is 3.20. The van der Waals surface area contributed by atoms with E-state index in [1.165, 1.54) is 11.3 Å². The number of aromatic nitrogens is 2. The van der Waals surface area contributed by atoms with Crippen molar-refractivity contribution in [1.29, 1.82) is 0 Å². The van der Waals surface area contributed by atoms with E-state index in [4.69, 9.17) is 9.47 Å². The lowest BCUT2D eigenvalue weighted by Gasteiger charge is -2.01. The van der Waals surface area contributed by atoms with Crippen molar-refractivity contribution in [3.05, 3.63) is 34.8 Å². The van der Waals surface area contributed by atoms with Crippen molar-refractivity contribution in [2.45, 2.75) is 13.5 Å². The fourth-order valence-corrected chi connectivity index (χ4v) is 2.18. The zero-order chi connectivity index (χ0) is 13.5. The fourth-order valence-electron chi connectivity index (χ4n) is 1.50. The van der Waals surface area contributed by atoms with Gasteiger partial charge in [-0.15, -0.1) is 5.10 Å². The lowest BCUT2D eigenvalue weighted by molar-refractivity contribution is 0.199. The lowest BCUT2D eigenvalue weighted by atomic mass is 10.2. The average Bonchev–Trinajstić information content (AvgIpc) is 2.82. The van der Waals surface area contributed by atoms with E-state index in [2.05, 4.69) is 15.5 Å². The van der Waals surface area contributed by atoms with Crippen LogP contribution in [0.5, 0.6) is 10.9 Å². The molecule has 0 aliphatic rings. The van der Waals surface area contributed by atoms with E-state index in [-0.39, 0.29) is 0 Å². The summed E-state index contributed by atoms with van der Waals surface area (Å²) in [5.41, 5.74) is 1.16. The minimum atomic E-state index is 0.564. The highest BCUT2D eigenvalue weighted by molar-refractivity contribution is 7.13. The van der Waals surface area contributed by atoms with Crippen molar-refractivity contribution < 1.29 is 9.47 Å². The van der Waals surface area contributed by atoms with Crippen LogP contribution in [-0.4, -0.2) is 30.5 Å². The Bertz CT molecular complexity index is 516. The molecule has 0 aliphatic carbocycles. The summed E-state index contributed by atoms with van der Waals surface area (Å²) in [5.74, 6) is 0.787. The van der Waals surface area contributed by atoms with Crippen LogP contribution in [0.4, 0.5) is 0 Å². The van der Waals surface area contributed by atoms with Crippen LogP contribution in [0.3, 0.4) is 0 Å². The van der Waals surface area contributed by atoms with Gasteiger partial charge in [-0.3, -0.25) is 0 Å². The number of nitrogens with zero attached hydrogens (tertiary/aromatic N) is 2. The SMILES string of the molecule is COCCNCc1nnc(Oc2cccc(C)c2)s1. The monoisotopic (exact) mass is 279 g/mol. The van der Waals surface area contributed by atoms with Gasteiger partial charge in [-0.05, 0) is 24.6 Å². The number of hydrogen-bond donors (Lipinski definition) is 1. The molecule has 2 rings (SSSR count). The van der Waals surface area contributed by atoms with Crippen LogP contribution >= 0.6 is 11.3 Å². The van der Waals surface area contributed by atoms with Gasteiger partial charge in [0.15, 0.2) is 0 Å². The number of rotatable bonds is 7. The van der Waals surface area contributed by atoms with Crippen LogP contribution in [0.15, 0.2) is 24.3 Å². The van der Waals surface area contributed by atoms with Gasteiger partial charge in [0.1, 0.15) is 10.8 Å². The van der Waals surface area contributed by atoms with Crippen molar-refractivity contribution in [3.8, 4) is 10.9 Å². The Hall–Kier alpha value is -1.50. The second kappa shape index (κ2) is 7.18. The molecule has 0 fully saturated rings.